The fraction of sp³-hybridized carbons (Fsp3) is 0.412. The minimum atomic E-state index is -0.111. The molecule has 134 valence electrons. The topological polar surface area (TPSA) is 43.9 Å². The van der Waals surface area contributed by atoms with Gasteiger partial charge in [-0.25, -0.2) is 0 Å². The van der Waals surface area contributed by atoms with E-state index in [0.717, 1.165) is 36.5 Å². The maximum atomic E-state index is 12.5. The Bertz CT molecular complexity index is 724. The van der Waals surface area contributed by atoms with Crippen LogP contribution in [0, 0.1) is 0 Å². The fourth-order valence-electron chi connectivity index (χ4n) is 2.77. The van der Waals surface area contributed by atoms with E-state index in [1.807, 2.05) is 11.0 Å². The summed E-state index contributed by atoms with van der Waals surface area (Å²) < 4.78 is 0.914. The van der Waals surface area contributed by atoms with E-state index in [0.29, 0.717) is 4.88 Å². The van der Waals surface area contributed by atoms with Crippen molar-refractivity contribution in [1.82, 2.24) is 14.7 Å². The van der Waals surface area contributed by atoms with Crippen LogP contribution in [0.15, 0.2) is 33.4 Å². The van der Waals surface area contributed by atoms with Crippen LogP contribution in [-0.2, 0) is 11.3 Å². The minimum Gasteiger partial charge on any atom is -0.339 e. The summed E-state index contributed by atoms with van der Waals surface area (Å²) in [4.78, 5) is 32.5. The predicted molar refractivity (Wildman–Crippen MR) is 105 cm³/mol. The number of likely N-dealkylation sites (N-methyl/N-ethyl adjacent to an activating group) is 1. The third-order valence-electron chi connectivity index (χ3n) is 4.19. The number of rotatable bonds is 5. The van der Waals surface area contributed by atoms with E-state index in [2.05, 4.69) is 38.3 Å². The van der Waals surface area contributed by atoms with Crippen molar-refractivity contribution in [3.8, 4) is 0 Å². The van der Waals surface area contributed by atoms with Crippen molar-refractivity contribution in [3.05, 3.63) is 43.2 Å². The Kier molecular flexibility index (Phi) is 6.27. The van der Waals surface area contributed by atoms with Crippen LogP contribution in [0.5, 0.6) is 0 Å². The lowest BCUT2D eigenvalue weighted by atomic mass is 10.3. The zero-order valence-corrected chi connectivity index (χ0v) is 17.2. The summed E-state index contributed by atoms with van der Waals surface area (Å²) in [5, 5.41) is 2.09. The van der Waals surface area contributed by atoms with Crippen molar-refractivity contribution in [3.63, 3.8) is 0 Å². The lowest BCUT2D eigenvalue weighted by Crippen LogP contribution is -2.51. The Morgan fingerprint density at radius 2 is 1.96 bits per heavy atom. The first-order valence-corrected chi connectivity index (χ1v) is 10.5. The molecule has 1 aliphatic heterocycles. The molecule has 0 aliphatic carbocycles. The van der Waals surface area contributed by atoms with E-state index in [4.69, 9.17) is 0 Å². The average molecular weight is 442 g/mol. The Balaban J connectivity index is 1.46. The van der Waals surface area contributed by atoms with Crippen LogP contribution in [0.2, 0.25) is 0 Å². The van der Waals surface area contributed by atoms with Crippen LogP contribution in [0.1, 0.15) is 14.5 Å². The molecule has 0 N–H and O–H groups in total. The van der Waals surface area contributed by atoms with Crippen molar-refractivity contribution in [2.24, 2.45) is 0 Å². The van der Waals surface area contributed by atoms with E-state index in [-0.39, 0.29) is 18.4 Å². The second kappa shape index (κ2) is 8.44. The third-order valence-corrected chi connectivity index (χ3v) is 6.66. The van der Waals surface area contributed by atoms with Crippen molar-refractivity contribution >= 4 is 50.4 Å². The summed E-state index contributed by atoms with van der Waals surface area (Å²) in [7, 11) is 1.68. The molecule has 0 aromatic carbocycles. The molecule has 0 atom stereocenters. The minimum absolute atomic E-state index is 0.0160. The van der Waals surface area contributed by atoms with Gasteiger partial charge >= 0.3 is 0 Å². The normalized spacial score (nSPS) is 15.4. The molecule has 3 rings (SSSR count). The monoisotopic (exact) mass is 441 g/mol. The first kappa shape index (κ1) is 18.6. The van der Waals surface area contributed by atoms with Crippen molar-refractivity contribution < 1.29 is 9.59 Å². The first-order valence-electron chi connectivity index (χ1n) is 8.06. The van der Waals surface area contributed by atoms with Crippen molar-refractivity contribution in [1.29, 1.82) is 0 Å². The first-order chi connectivity index (χ1) is 12.0. The lowest BCUT2D eigenvalue weighted by molar-refractivity contribution is -0.133. The number of amides is 2. The summed E-state index contributed by atoms with van der Waals surface area (Å²) >= 11 is 6.51. The Labute approximate surface area is 164 Å². The molecule has 5 nitrogen and oxygen atoms in total. The van der Waals surface area contributed by atoms with Crippen molar-refractivity contribution in [2.75, 3.05) is 39.8 Å². The maximum Gasteiger partial charge on any atom is 0.264 e. The lowest BCUT2D eigenvalue weighted by Gasteiger charge is -2.35. The molecule has 0 unspecified atom stereocenters. The highest BCUT2D eigenvalue weighted by Crippen LogP contribution is 2.23. The highest BCUT2D eigenvalue weighted by molar-refractivity contribution is 9.11. The number of thiophene rings is 2. The quantitative estimate of drug-likeness (QED) is 0.715. The van der Waals surface area contributed by atoms with Crippen LogP contribution in [0.4, 0.5) is 0 Å². The summed E-state index contributed by atoms with van der Waals surface area (Å²) in [5.41, 5.74) is 0. The standard InChI is InChI=1S/C17H20BrN3O2S2/c1-19(17(23)14-4-5-15(18)25-14)12-16(22)21-8-6-20(7-9-21)11-13-3-2-10-24-13/h2-5,10H,6-9,11-12H2,1H3. The SMILES string of the molecule is CN(CC(=O)N1CCN(Cc2cccs2)CC1)C(=O)c1ccc(Br)s1. The molecule has 1 aliphatic rings. The molecule has 0 spiro atoms. The fourth-order valence-corrected chi connectivity index (χ4v) is 4.90. The molecular formula is C17H20BrN3O2S2. The molecule has 1 fully saturated rings. The molecule has 0 radical (unpaired) electrons. The van der Waals surface area contributed by atoms with Gasteiger partial charge in [-0.3, -0.25) is 14.5 Å². The number of hydrogen-bond donors (Lipinski definition) is 0. The van der Waals surface area contributed by atoms with E-state index in [1.54, 1.807) is 24.5 Å². The smallest absolute Gasteiger partial charge is 0.264 e. The Hall–Kier alpha value is -1.22. The van der Waals surface area contributed by atoms with Crippen LogP contribution < -0.4 is 0 Å². The van der Waals surface area contributed by atoms with Gasteiger partial charge in [0.05, 0.1) is 15.2 Å². The van der Waals surface area contributed by atoms with Gasteiger partial charge in [0.25, 0.3) is 5.91 Å². The molecule has 25 heavy (non-hydrogen) atoms. The molecule has 0 bridgehead atoms. The van der Waals surface area contributed by atoms with E-state index in [9.17, 15) is 9.59 Å². The Morgan fingerprint density at radius 1 is 1.20 bits per heavy atom. The predicted octanol–water partition coefficient (Wildman–Crippen LogP) is 2.99. The van der Waals surface area contributed by atoms with Gasteiger partial charge in [0, 0.05) is 44.6 Å². The van der Waals surface area contributed by atoms with Gasteiger partial charge in [-0.15, -0.1) is 22.7 Å². The summed E-state index contributed by atoms with van der Waals surface area (Å²) in [6.45, 7) is 4.26. The van der Waals surface area contributed by atoms with Gasteiger partial charge in [0.15, 0.2) is 0 Å². The van der Waals surface area contributed by atoms with Gasteiger partial charge in [-0.05, 0) is 39.5 Å². The number of carbonyl (C=O) groups is 2. The zero-order chi connectivity index (χ0) is 17.8. The largest absolute Gasteiger partial charge is 0.339 e. The number of piperazine rings is 1. The van der Waals surface area contributed by atoms with Gasteiger partial charge in [0.1, 0.15) is 0 Å². The van der Waals surface area contributed by atoms with Crippen LogP contribution in [0.3, 0.4) is 0 Å². The number of nitrogens with zero attached hydrogens (tertiary/aromatic N) is 3. The number of hydrogen-bond acceptors (Lipinski definition) is 5. The second-order valence-electron chi connectivity index (χ2n) is 6.00. The molecule has 8 heteroatoms. The highest BCUT2D eigenvalue weighted by atomic mass is 79.9. The molecule has 1 saturated heterocycles. The molecule has 2 aromatic rings. The zero-order valence-electron chi connectivity index (χ0n) is 14.0. The van der Waals surface area contributed by atoms with E-state index >= 15 is 0 Å². The second-order valence-corrected chi connectivity index (χ2v) is 9.50. The van der Waals surface area contributed by atoms with Crippen molar-refractivity contribution in [2.45, 2.75) is 6.54 Å². The molecule has 0 saturated carbocycles. The van der Waals surface area contributed by atoms with E-state index in [1.165, 1.54) is 21.1 Å². The summed E-state index contributed by atoms with van der Waals surface area (Å²) in [6, 6.07) is 7.84. The van der Waals surface area contributed by atoms with Gasteiger partial charge in [-0.1, -0.05) is 6.07 Å². The molecule has 2 amide bonds. The Morgan fingerprint density at radius 3 is 2.56 bits per heavy atom. The molecule has 2 aromatic heterocycles. The highest BCUT2D eigenvalue weighted by Gasteiger charge is 2.24. The number of halogens is 1. The maximum absolute atomic E-state index is 12.5. The van der Waals surface area contributed by atoms with Gasteiger partial charge < -0.3 is 9.80 Å². The summed E-state index contributed by atoms with van der Waals surface area (Å²) in [5.74, 6) is -0.0948. The molecular weight excluding hydrogens is 422 g/mol. The van der Waals surface area contributed by atoms with Crippen LogP contribution >= 0.6 is 38.6 Å². The van der Waals surface area contributed by atoms with E-state index < -0.39 is 0 Å². The number of carbonyl (C=O) groups excluding carboxylic acids is 2. The summed E-state index contributed by atoms with van der Waals surface area (Å²) in [6.07, 6.45) is 0. The average Bonchev–Trinajstić information content (AvgIpc) is 3.26. The van der Waals surface area contributed by atoms with Gasteiger partial charge in [0.2, 0.25) is 5.91 Å². The van der Waals surface area contributed by atoms with Gasteiger partial charge in [-0.2, -0.15) is 0 Å². The third kappa shape index (κ3) is 4.91. The van der Waals surface area contributed by atoms with Crippen LogP contribution in [0.25, 0.3) is 0 Å². The van der Waals surface area contributed by atoms with Crippen LogP contribution in [-0.4, -0.2) is 66.3 Å². The molecule has 3 heterocycles.